The monoisotopic (exact) mass is 136 g/mol. The molecule has 1 fully saturated rings. The molecule has 1 rings (SSSR count). The minimum atomic E-state index is -2.47. The summed E-state index contributed by atoms with van der Waals surface area (Å²) >= 11 is 0. The van der Waals surface area contributed by atoms with E-state index in [1.807, 2.05) is 0 Å². The van der Waals surface area contributed by atoms with E-state index in [1.54, 1.807) is 6.92 Å². The van der Waals surface area contributed by atoms with E-state index >= 15 is 0 Å². The van der Waals surface area contributed by atoms with Gasteiger partial charge in [0.1, 0.15) is 0 Å². The number of halogens is 2. The molecule has 0 bridgehead atoms. The van der Waals surface area contributed by atoms with Crippen LogP contribution in [0.2, 0.25) is 0 Å². The van der Waals surface area contributed by atoms with Crippen LogP contribution in [0.25, 0.3) is 0 Å². The molecule has 1 heterocycles. The Morgan fingerprint density at radius 3 is 2.56 bits per heavy atom. The van der Waals surface area contributed by atoms with Crippen LogP contribution < -0.4 is 0 Å². The van der Waals surface area contributed by atoms with Crippen molar-refractivity contribution in [3.05, 3.63) is 0 Å². The molecule has 0 aromatic rings. The second-order valence-corrected chi connectivity index (χ2v) is 2.49. The third kappa shape index (κ3) is 1.90. The molecule has 3 heteroatoms. The van der Waals surface area contributed by atoms with Gasteiger partial charge in [0.25, 0.3) is 5.92 Å². The lowest BCUT2D eigenvalue weighted by Crippen LogP contribution is -2.31. The zero-order valence-corrected chi connectivity index (χ0v) is 5.36. The summed E-state index contributed by atoms with van der Waals surface area (Å²) in [4.78, 5) is 0. The van der Waals surface area contributed by atoms with Crippen molar-refractivity contribution in [2.75, 3.05) is 6.61 Å². The zero-order chi connectivity index (χ0) is 6.91. The average molecular weight is 136 g/mol. The van der Waals surface area contributed by atoms with Gasteiger partial charge in [-0.3, -0.25) is 0 Å². The minimum Gasteiger partial charge on any atom is -0.378 e. The van der Waals surface area contributed by atoms with Crippen molar-refractivity contribution < 1.29 is 13.5 Å². The van der Waals surface area contributed by atoms with Crippen LogP contribution in [0.1, 0.15) is 19.8 Å². The molecular weight excluding hydrogens is 126 g/mol. The van der Waals surface area contributed by atoms with Crippen molar-refractivity contribution in [3.63, 3.8) is 0 Å². The van der Waals surface area contributed by atoms with Gasteiger partial charge in [-0.25, -0.2) is 8.78 Å². The Kier molecular flexibility index (Phi) is 1.70. The summed E-state index contributed by atoms with van der Waals surface area (Å²) in [6, 6.07) is 0. The minimum absolute atomic E-state index is 0.114. The Hall–Kier alpha value is -0.180. The Morgan fingerprint density at radius 2 is 2.22 bits per heavy atom. The van der Waals surface area contributed by atoms with E-state index in [0.717, 1.165) is 0 Å². The molecular formula is C6H10F2O. The van der Waals surface area contributed by atoms with Crippen molar-refractivity contribution in [2.45, 2.75) is 31.8 Å². The van der Waals surface area contributed by atoms with E-state index in [-0.39, 0.29) is 25.6 Å². The summed E-state index contributed by atoms with van der Waals surface area (Å²) in [5.74, 6) is -2.47. The molecule has 1 nitrogen and oxygen atoms in total. The number of ether oxygens (including phenoxy) is 1. The van der Waals surface area contributed by atoms with Crippen LogP contribution in [-0.2, 0) is 4.74 Å². The van der Waals surface area contributed by atoms with E-state index in [9.17, 15) is 8.78 Å². The molecule has 0 saturated carbocycles. The molecule has 0 aromatic heterocycles. The highest BCUT2D eigenvalue weighted by Gasteiger charge is 2.34. The van der Waals surface area contributed by atoms with Crippen molar-refractivity contribution in [3.8, 4) is 0 Å². The molecule has 0 amide bonds. The summed E-state index contributed by atoms with van der Waals surface area (Å²) in [5, 5.41) is 0. The van der Waals surface area contributed by atoms with Crippen molar-refractivity contribution in [1.29, 1.82) is 0 Å². The van der Waals surface area contributed by atoms with Gasteiger partial charge >= 0.3 is 0 Å². The first-order valence-electron chi connectivity index (χ1n) is 3.10. The van der Waals surface area contributed by atoms with Crippen molar-refractivity contribution in [2.24, 2.45) is 0 Å². The molecule has 0 radical (unpaired) electrons. The van der Waals surface area contributed by atoms with E-state index in [0.29, 0.717) is 0 Å². The fraction of sp³-hybridized carbons (Fsp3) is 1.00. The predicted molar refractivity (Wildman–Crippen MR) is 29.6 cm³/mol. The predicted octanol–water partition coefficient (Wildman–Crippen LogP) is 1.82. The molecule has 54 valence electrons. The molecule has 0 N–H and O–H groups in total. The standard InChI is InChI=1S/C6H10F2O/c1-5-4-6(7,8)2-3-9-5/h5H,2-4H2,1H3/t5-/m1/s1. The first kappa shape index (κ1) is 6.93. The molecule has 1 aliphatic heterocycles. The van der Waals surface area contributed by atoms with Crippen LogP contribution in [0.4, 0.5) is 8.78 Å². The smallest absolute Gasteiger partial charge is 0.252 e. The number of rotatable bonds is 0. The highest BCUT2D eigenvalue weighted by atomic mass is 19.3. The topological polar surface area (TPSA) is 9.23 Å². The second kappa shape index (κ2) is 2.21. The second-order valence-electron chi connectivity index (χ2n) is 2.49. The summed E-state index contributed by atoms with van der Waals surface area (Å²) in [7, 11) is 0. The van der Waals surface area contributed by atoms with Crippen LogP contribution >= 0.6 is 0 Å². The molecule has 0 spiro atoms. The van der Waals surface area contributed by atoms with E-state index in [1.165, 1.54) is 0 Å². The lowest BCUT2D eigenvalue weighted by atomic mass is 10.1. The first-order chi connectivity index (χ1) is 4.10. The largest absolute Gasteiger partial charge is 0.378 e. The Labute approximate surface area is 53.0 Å². The molecule has 0 aromatic carbocycles. The summed E-state index contributed by atoms with van der Waals surface area (Å²) in [6.45, 7) is 1.88. The van der Waals surface area contributed by atoms with E-state index in [4.69, 9.17) is 4.74 Å². The SMILES string of the molecule is C[C@@H]1CC(F)(F)CCO1. The van der Waals surface area contributed by atoms with Crippen molar-refractivity contribution >= 4 is 0 Å². The number of hydrogen-bond acceptors (Lipinski definition) is 1. The summed E-state index contributed by atoms with van der Waals surface area (Å²) < 4.78 is 29.7. The van der Waals surface area contributed by atoms with Crippen LogP contribution in [0.3, 0.4) is 0 Å². The van der Waals surface area contributed by atoms with Crippen LogP contribution in [0.5, 0.6) is 0 Å². The van der Waals surface area contributed by atoms with Gasteiger partial charge < -0.3 is 4.74 Å². The molecule has 1 aliphatic rings. The molecule has 0 unspecified atom stereocenters. The maximum Gasteiger partial charge on any atom is 0.252 e. The van der Waals surface area contributed by atoms with Gasteiger partial charge in [0.15, 0.2) is 0 Å². The summed E-state index contributed by atoms with van der Waals surface area (Å²) in [5.41, 5.74) is 0. The quantitative estimate of drug-likeness (QED) is 0.493. The van der Waals surface area contributed by atoms with Gasteiger partial charge in [-0.1, -0.05) is 0 Å². The summed E-state index contributed by atoms with van der Waals surface area (Å²) in [6.07, 6.45) is -0.501. The molecule has 9 heavy (non-hydrogen) atoms. The van der Waals surface area contributed by atoms with Crippen LogP contribution in [0.15, 0.2) is 0 Å². The molecule has 1 saturated heterocycles. The third-order valence-electron chi connectivity index (χ3n) is 1.46. The van der Waals surface area contributed by atoms with Gasteiger partial charge in [-0.2, -0.15) is 0 Å². The normalized spacial score (nSPS) is 34.3. The molecule has 1 atom stereocenters. The highest BCUT2D eigenvalue weighted by molar-refractivity contribution is 4.74. The van der Waals surface area contributed by atoms with Gasteiger partial charge in [-0.05, 0) is 6.92 Å². The lowest BCUT2D eigenvalue weighted by Gasteiger charge is -2.26. The Balaban J connectivity index is 2.41. The fourth-order valence-corrected chi connectivity index (χ4v) is 0.991. The van der Waals surface area contributed by atoms with Crippen molar-refractivity contribution in [1.82, 2.24) is 0 Å². The van der Waals surface area contributed by atoms with Gasteiger partial charge in [0.2, 0.25) is 0 Å². The lowest BCUT2D eigenvalue weighted by molar-refractivity contribution is -0.121. The van der Waals surface area contributed by atoms with Gasteiger partial charge in [-0.15, -0.1) is 0 Å². The Bertz CT molecular complexity index is 103. The first-order valence-corrected chi connectivity index (χ1v) is 3.10. The maximum absolute atomic E-state index is 12.4. The van der Waals surface area contributed by atoms with E-state index < -0.39 is 5.92 Å². The molecule has 0 aliphatic carbocycles. The maximum atomic E-state index is 12.4. The van der Waals surface area contributed by atoms with Crippen LogP contribution in [-0.4, -0.2) is 18.6 Å². The fourth-order valence-electron chi connectivity index (χ4n) is 0.991. The number of alkyl halides is 2. The highest BCUT2D eigenvalue weighted by Crippen LogP contribution is 2.29. The van der Waals surface area contributed by atoms with E-state index in [2.05, 4.69) is 0 Å². The Morgan fingerprint density at radius 1 is 1.56 bits per heavy atom. The van der Waals surface area contributed by atoms with Gasteiger partial charge in [0.05, 0.1) is 12.7 Å². The number of hydrogen-bond donors (Lipinski definition) is 0. The zero-order valence-electron chi connectivity index (χ0n) is 5.36. The average Bonchev–Trinajstić information content (AvgIpc) is 1.60. The van der Waals surface area contributed by atoms with Crippen LogP contribution in [0, 0.1) is 0 Å². The van der Waals surface area contributed by atoms with Gasteiger partial charge in [0, 0.05) is 12.8 Å². The third-order valence-corrected chi connectivity index (χ3v) is 1.46.